The smallest absolute Gasteiger partial charge is 0.220 e. The van der Waals surface area contributed by atoms with Crippen LogP contribution in [0.5, 0.6) is 0 Å². The molecule has 0 bridgehead atoms. The second kappa shape index (κ2) is 5.91. The lowest BCUT2D eigenvalue weighted by Crippen LogP contribution is -2.39. The summed E-state index contributed by atoms with van der Waals surface area (Å²) in [5, 5.41) is 0. The highest BCUT2D eigenvalue weighted by atomic mass is 16.1. The van der Waals surface area contributed by atoms with Crippen molar-refractivity contribution in [3.8, 4) is 11.1 Å². The molecule has 3 rings (SSSR count). The summed E-state index contributed by atoms with van der Waals surface area (Å²) in [7, 11) is 0. The lowest BCUT2D eigenvalue weighted by molar-refractivity contribution is -0.122. The van der Waals surface area contributed by atoms with Crippen LogP contribution in [0, 0.1) is 5.92 Å². The van der Waals surface area contributed by atoms with Gasteiger partial charge in [0.1, 0.15) is 12.1 Å². The lowest BCUT2D eigenvalue weighted by atomic mass is 9.96. The molecular formula is C16H18N4O. The summed E-state index contributed by atoms with van der Waals surface area (Å²) in [5.41, 5.74) is 7.51. The van der Waals surface area contributed by atoms with E-state index >= 15 is 0 Å². The summed E-state index contributed by atoms with van der Waals surface area (Å²) in [4.78, 5) is 22.1. The fraction of sp³-hybridized carbons (Fsp3) is 0.312. The van der Waals surface area contributed by atoms with Crippen LogP contribution < -0.4 is 10.6 Å². The number of piperidine rings is 1. The second-order valence-electron chi connectivity index (χ2n) is 5.29. The molecule has 1 fully saturated rings. The molecule has 0 saturated carbocycles. The molecule has 0 atom stereocenters. The van der Waals surface area contributed by atoms with Gasteiger partial charge >= 0.3 is 0 Å². The van der Waals surface area contributed by atoms with Crippen LogP contribution in [-0.4, -0.2) is 29.0 Å². The number of anilines is 1. The van der Waals surface area contributed by atoms with E-state index < -0.39 is 0 Å². The molecule has 2 aromatic rings. The first-order valence-corrected chi connectivity index (χ1v) is 7.15. The second-order valence-corrected chi connectivity index (χ2v) is 5.29. The third-order valence-corrected chi connectivity index (χ3v) is 3.97. The molecule has 0 spiro atoms. The zero-order valence-electron chi connectivity index (χ0n) is 11.8. The summed E-state index contributed by atoms with van der Waals surface area (Å²) < 4.78 is 0. The molecule has 0 unspecified atom stereocenters. The molecule has 1 saturated heterocycles. The Labute approximate surface area is 123 Å². The number of hydrogen-bond acceptors (Lipinski definition) is 4. The highest BCUT2D eigenvalue weighted by Gasteiger charge is 2.25. The number of hydrogen-bond donors (Lipinski definition) is 1. The molecule has 21 heavy (non-hydrogen) atoms. The largest absolute Gasteiger partial charge is 0.369 e. The molecule has 0 aliphatic carbocycles. The highest BCUT2D eigenvalue weighted by molar-refractivity contribution is 5.78. The number of nitrogens with two attached hydrogens (primary N) is 1. The predicted molar refractivity (Wildman–Crippen MR) is 81.6 cm³/mol. The zero-order chi connectivity index (χ0) is 14.7. The van der Waals surface area contributed by atoms with Gasteiger partial charge in [-0.1, -0.05) is 30.3 Å². The average Bonchev–Trinajstić information content (AvgIpc) is 2.56. The summed E-state index contributed by atoms with van der Waals surface area (Å²) >= 11 is 0. The van der Waals surface area contributed by atoms with Gasteiger partial charge in [-0.3, -0.25) is 4.79 Å². The molecule has 1 aliphatic heterocycles. The Balaban J connectivity index is 1.85. The standard InChI is InChI=1S/C16H18N4O/c17-15(21)13-6-8-20(9-7-13)16-14(10-18-11-19-16)12-4-2-1-3-5-12/h1-5,10-11,13H,6-9H2,(H2,17,21). The molecule has 1 aliphatic rings. The number of amides is 1. The van der Waals surface area contributed by atoms with E-state index in [0.29, 0.717) is 0 Å². The van der Waals surface area contributed by atoms with Gasteiger partial charge in [0.2, 0.25) is 5.91 Å². The fourth-order valence-corrected chi connectivity index (χ4v) is 2.77. The molecular weight excluding hydrogens is 264 g/mol. The Morgan fingerprint density at radius 1 is 1.19 bits per heavy atom. The first kappa shape index (κ1) is 13.5. The van der Waals surface area contributed by atoms with Crippen molar-refractivity contribution in [2.24, 2.45) is 11.7 Å². The SMILES string of the molecule is NC(=O)C1CCN(c2ncncc2-c2ccccc2)CC1. The maximum atomic E-state index is 11.3. The first-order valence-electron chi connectivity index (χ1n) is 7.15. The van der Waals surface area contributed by atoms with Crippen molar-refractivity contribution in [2.75, 3.05) is 18.0 Å². The molecule has 2 N–H and O–H groups in total. The molecule has 0 radical (unpaired) electrons. The Kier molecular flexibility index (Phi) is 3.81. The summed E-state index contributed by atoms with van der Waals surface area (Å²) in [6.45, 7) is 1.59. The van der Waals surface area contributed by atoms with Gasteiger partial charge in [0, 0.05) is 30.8 Å². The first-order chi connectivity index (χ1) is 10.3. The van der Waals surface area contributed by atoms with Gasteiger partial charge in [-0.2, -0.15) is 0 Å². The van der Waals surface area contributed by atoms with E-state index in [1.54, 1.807) is 6.33 Å². The summed E-state index contributed by atoms with van der Waals surface area (Å²) in [6.07, 6.45) is 4.99. The number of aromatic nitrogens is 2. The van der Waals surface area contributed by atoms with E-state index in [2.05, 4.69) is 27.0 Å². The van der Waals surface area contributed by atoms with E-state index in [4.69, 9.17) is 5.73 Å². The van der Waals surface area contributed by atoms with E-state index in [1.807, 2.05) is 24.4 Å². The predicted octanol–water partition coefficient (Wildman–Crippen LogP) is 1.85. The number of nitrogens with zero attached hydrogens (tertiary/aromatic N) is 3. The van der Waals surface area contributed by atoms with Crippen molar-refractivity contribution in [1.29, 1.82) is 0 Å². The van der Waals surface area contributed by atoms with Gasteiger partial charge in [-0.15, -0.1) is 0 Å². The average molecular weight is 282 g/mol. The van der Waals surface area contributed by atoms with E-state index in [0.717, 1.165) is 42.9 Å². The molecule has 108 valence electrons. The van der Waals surface area contributed by atoms with Crippen molar-refractivity contribution < 1.29 is 4.79 Å². The lowest BCUT2D eigenvalue weighted by Gasteiger charge is -2.32. The Hall–Kier alpha value is -2.43. The van der Waals surface area contributed by atoms with Crippen molar-refractivity contribution >= 4 is 11.7 Å². The molecule has 1 aromatic heterocycles. The molecule has 2 heterocycles. The Morgan fingerprint density at radius 3 is 2.57 bits per heavy atom. The number of rotatable bonds is 3. The number of carbonyl (C=O) groups excluding carboxylic acids is 1. The van der Waals surface area contributed by atoms with Crippen molar-refractivity contribution in [2.45, 2.75) is 12.8 Å². The minimum atomic E-state index is -0.194. The normalized spacial score (nSPS) is 15.9. The van der Waals surface area contributed by atoms with Gasteiger partial charge in [-0.25, -0.2) is 9.97 Å². The third-order valence-electron chi connectivity index (χ3n) is 3.97. The molecule has 5 nitrogen and oxygen atoms in total. The summed E-state index contributed by atoms with van der Waals surface area (Å²) in [5.74, 6) is 0.725. The van der Waals surface area contributed by atoms with Gasteiger partial charge in [0.15, 0.2) is 0 Å². The van der Waals surface area contributed by atoms with Crippen LogP contribution in [0.4, 0.5) is 5.82 Å². The molecule has 5 heteroatoms. The van der Waals surface area contributed by atoms with Gasteiger partial charge in [-0.05, 0) is 18.4 Å². The number of carbonyl (C=O) groups is 1. The van der Waals surface area contributed by atoms with E-state index in [-0.39, 0.29) is 11.8 Å². The number of primary amides is 1. The van der Waals surface area contributed by atoms with Crippen LogP contribution >= 0.6 is 0 Å². The van der Waals surface area contributed by atoms with Gasteiger partial charge in [0.05, 0.1) is 0 Å². The summed E-state index contributed by atoms with van der Waals surface area (Å²) in [6, 6.07) is 10.1. The van der Waals surface area contributed by atoms with Crippen molar-refractivity contribution in [3.63, 3.8) is 0 Å². The van der Waals surface area contributed by atoms with Crippen LogP contribution in [-0.2, 0) is 4.79 Å². The third kappa shape index (κ3) is 2.86. The molecule has 1 aromatic carbocycles. The maximum Gasteiger partial charge on any atom is 0.220 e. The van der Waals surface area contributed by atoms with Gasteiger partial charge in [0.25, 0.3) is 0 Å². The van der Waals surface area contributed by atoms with Crippen LogP contribution in [0.3, 0.4) is 0 Å². The van der Waals surface area contributed by atoms with E-state index in [1.165, 1.54) is 0 Å². The molecule has 1 amide bonds. The fourth-order valence-electron chi connectivity index (χ4n) is 2.77. The Bertz CT molecular complexity index is 621. The maximum absolute atomic E-state index is 11.3. The van der Waals surface area contributed by atoms with Crippen LogP contribution in [0.1, 0.15) is 12.8 Å². The van der Waals surface area contributed by atoms with E-state index in [9.17, 15) is 4.79 Å². The highest BCUT2D eigenvalue weighted by Crippen LogP contribution is 2.30. The van der Waals surface area contributed by atoms with Crippen LogP contribution in [0.25, 0.3) is 11.1 Å². The monoisotopic (exact) mass is 282 g/mol. The van der Waals surface area contributed by atoms with Gasteiger partial charge < -0.3 is 10.6 Å². The minimum absolute atomic E-state index is 0.0109. The topological polar surface area (TPSA) is 72.1 Å². The Morgan fingerprint density at radius 2 is 1.90 bits per heavy atom. The quantitative estimate of drug-likeness (QED) is 0.932. The van der Waals surface area contributed by atoms with Crippen LogP contribution in [0.15, 0.2) is 42.9 Å². The van der Waals surface area contributed by atoms with Crippen LogP contribution in [0.2, 0.25) is 0 Å². The minimum Gasteiger partial charge on any atom is -0.369 e. The van der Waals surface area contributed by atoms with Crippen molar-refractivity contribution in [1.82, 2.24) is 9.97 Å². The number of benzene rings is 1. The zero-order valence-corrected chi connectivity index (χ0v) is 11.8. The van der Waals surface area contributed by atoms with Crippen molar-refractivity contribution in [3.05, 3.63) is 42.9 Å².